The molecule has 1 heterocycles. The molecule has 238 valence electrons. The van der Waals surface area contributed by atoms with Gasteiger partial charge in [-0.05, 0) is 53.3 Å². The molecule has 0 fully saturated rings. The van der Waals surface area contributed by atoms with Crippen molar-refractivity contribution in [3.05, 3.63) is 107 Å². The van der Waals surface area contributed by atoms with Crippen LogP contribution in [-0.2, 0) is 28.9 Å². The predicted octanol–water partition coefficient (Wildman–Crippen LogP) is 4.31. The zero-order valence-electron chi connectivity index (χ0n) is 26.7. The molecule has 0 unspecified atom stereocenters. The summed E-state index contributed by atoms with van der Waals surface area (Å²) in [5.41, 5.74) is 11.6. The van der Waals surface area contributed by atoms with Crippen LogP contribution in [-0.4, -0.2) is 32.7 Å². The van der Waals surface area contributed by atoms with Crippen molar-refractivity contribution in [3.63, 3.8) is 0 Å². The molecular weight excluding hydrogens is 590 g/mol. The van der Waals surface area contributed by atoms with E-state index in [9.17, 15) is 13.2 Å². The second-order valence-electron chi connectivity index (χ2n) is 12.0. The minimum atomic E-state index is -3.62. The maximum Gasteiger partial charge on any atom is 0.259 e. The number of anilines is 3. The molecule has 0 aliphatic rings. The number of hydrazine groups is 1. The van der Waals surface area contributed by atoms with Crippen LogP contribution in [0.4, 0.5) is 17.1 Å². The SMILES string of the molecule is COc1c(NC(=O)c2ccc(C)c(N(N)/C=C(\N)c3c[nH]c(Cc4ccccc4)[n+]3C)c2)cc(C(C)(C)C)cc1NS(C)(=O)=O. The Labute approximate surface area is 264 Å². The van der Waals surface area contributed by atoms with Gasteiger partial charge < -0.3 is 15.8 Å². The first-order valence-corrected chi connectivity index (χ1v) is 16.2. The van der Waals surface area contributed by atoms with E-state index in [-0.39, 0.29) is 16.9 Å². The lowest BCUT2D eigenvalue weighted by molar-refractivity contribution is -0.679. The molecule has 11 nitrogen and oxygen atoms in total. The maximum atomic E-state index is 13.6. The van der Waals surface area contributed by atoms with Gasteiger partial charge in [-0.2, -0.15) is 0 Å². The van der Waals surface area contributed by atoms with E-state index >= 15 is 0 Å². The molecule has 0 atom stereocenters. The molecular formula is C33H42N7O4S+. The normalized spacial score (nSPS) is 12.1. The van der Waals surface area contributed by atoms with E-state index in [0.29, 0.717) is 29.1 Å². The third kappa shape index (κ3) is 8.02. The monoisotopic (exact) mass is 632 g/mol. The number of imidazole rings is 1. The van der Waals surface area contributed by atoms with Crippen molar-refractivity contribution < 1.29 is 22.5 Å². The van der Waals surface area contributed by atoms with Gasteiger partial charge in [0.1, 0.15) is 11.9 Å². The number of carbonyl (C=O) groups is 1. The number of hydrogen-bond acceptors (Lipinski definition) is 7. The van der Waals surface area contributed by atoms with E-state index in [0.717, 1.165) is 28.9 Å². The molecule has 0 aliphatic heterocycles. The number of sulfonamides is 1. The molecule has 45 heavy (non-hydrogen) atoms. The topological polar surface area (TPSA) is 159 Å². The molecule has 4 aromatic rings. The third-order valence-electron chi connectivity index (χ3n) is 7.38. The highest BCUT2D eigenvalue weighted by Crippen LogP contribution is 2.39. The number of aryl methyl sites for hydroxylation is 1. The Hall–Kier alpha value is -4.81. The van der Waals surface area contributed by atoms with Crippen molar-refractivity contribution >= 4 is 38.7 Å². The molecule has 1 aromatic heterocycles. The quantitative estimate of drug-likeness (QED) is 0.0990. The third-order valence-corrected chi connectivity index (χ3v) is 7.97. The zero-order valence-corrected chi connectivity index (χ0v) is 27.5. The summed E-state index contributed by atoms with van der Waals surface area (Å²) >= 11 is 0. The van der Waals surface area contributed by atoms with Crippen molar-refractivity contribution in [1.29, 1.82) is 0 Å². The number of aromatic nitrogens is 2. The molecule has 0 aliphatic carbocycles. The van der Waals surface area contributed by atoms with E-state index in [2.05, 4.69) is 27.2 Å². The number of rotatable bonds is 10. The fraction of sp³-hybridized carbons (Fsp3) is 0.273. The molecule has 12 heteroatoms. The number of aromatic amines is 1. The standard InChI is InChI=1S/C33H41N7O4S/c1-21-13-14-23(32(41)37-26-17-24(33(2,3)4)18-27(31(26)44-6)38-45(7,42)43)16-28(21)40(35)20-25(34)29-19-36-30(39(29)5)15-22-11-9-8-10-12-22/h8-14,16-20,38H,15,34-35H2,1-7H3,(H,37,41)/p+1/b25-20-. The Kier molecular flexibility index (Phi) is 9.59. The van der Waals surface area contributed by atoms with Crippen LogP contribution in [0, 0.1) is 6.92 Å². The van der Waals surface area contributed by atoms with Gasteiger partial charge in [0, 0.05) is 11.8 Å². The zero-order chi connectivity index (χ0) is 33.1. The van der Waals surface area contributed by atoms with Crippen LogP contribution in [0.3, 0.4) is 0 Å². The van der Waals surface area contributed by atoms with Crippen LogP contribution >= 0.6 is 0 Å². The summed E-state index contributed by atoms with van der Waals surface area (Å²) in [6.07, 6.45) is 5.21. The van der Waals surface area contributed by atoms with E-state index in [1.54, 1.807) is 36.5 Å². The molecule has 0 saturated carbocycles. The molecule has 0 spiro atoms. The first-order valence-electron chi connectivity index (χ1n) is 14.3. The van der Waals surface area contributed by atoms with Gasteiger partial charge in [-0.25, -0.2) is 23.8 Å². The Morgan fingerprint density at radius 3 is 2.38 bits per heavy atom. The minimum absolute atomic E-state index is 0.191. The van der Waals surface area contributed by atoms with Crippen molar-refractivity contribution in [2.75, 3.05) is 28.4 Å². The van der Waals surface area contributed by atoms with Crippen LogP contribution in [0.1, 0.15) is 59.3 Å². The lowest BCUT2D eigenvalue weighted by Gasteiger charge is -2.24. The van der Waals surface area contributed by atoms with E-state index < -0.39 is 15.9 Å². The molecule has 0 radical (unpaired) electrons. The second-order valence-corrected chi connectivity index (χ2v) is 13.8. The van der Waals surface area contributed by atoms with Gasteiger partial charge in [0.2, 0.25) is 10.0 Å². The summed E-state index contributed by atoms with van der Waals surface area (Å²) in [6, 6.07) is 18.8. The lowest BCUT2D eigenvalue weighted by Crippen LogP contribution is -2.37. The lowest BCUT2D eigenvalue weighted by atomic mass is 9.86. The van der Waals surface area contributed by atoms with Gasteiger partial charge in [-0.3, -0.25) is 14.5 Å². The number of nitrogens with two attached hydrogens (primary N) is 2. The number of H-pyrrole nitrogens is 1. The number of nitrogens with zero attached hydrogens (tertiary/aromatic N) is 2. The smallest absolute Gasteiger partial charge is 0.259 e. The van der Waals surface area contributed by atoms with Crippen molar-refractivity contribution in [2.45, 2.75) is 39.5 Å². The molecule has 0 saturated heterocycles. The van der Waals surface area contributed by atoms with Crippen LogP contribution < -0.4 is 35.9 Å². The van der Waals surface area contributed by atoms with E-state index in [1.165, 1.54) is 17.7 Å². The van der Waals surface area contributed by atoms with Gasteiger partial charge in [0.05, 0.1) is 43.9 Å². The highest BCUT2D eigenvalue weighted by Gasteiger charge is 2.23. The van der Waals surface area contributed by atoms with Gasteiger partial charge in [0.25, 0.3) is 11.7 Å². The number of nitrogens with one attached hydrogen (secondary N) is 3. The average Bonchev–Trinajstić information content (AvgIpc) is 3.31. The number of benzene rings is 3. The summed E-state index contributed by atoms with van der Waals surface area (Å²) in [7, 11) is -0.270. The summed E-state index contributed by atoms with van der Waals surface area (Å²) in [6.45, 7) is 7.85. The first-order chi connectivity index (χ1) is 21.1. The number of amides is 1. The molecule has 1 amide bonds. The fourth-order valence-corrected chi connectivity index (χ4v) is 5.44. The number of ether oxygens (including phenoxy) is 1. The Bertz CT molecular complexity index is 1840. The van der Waals surface area contributed by atoms with E-state index in [4.69, 9.17) is 16.3 Å². The van der Waals surface area contributed by atoms with Crippen molar-refractivity contribution in [3.8, 4) is 5.75 Å². The summed E-state index contributed by atoms with van der Waals surface area (Å²) in [5, 5.41) is 4.28. The van der Waals surface area contributed by atoms with Gasteiger partial charge in [-0.15, -0.1) is 0 Å². The minimum Gasteiger partial charge on any atom is -0.492 e. The molecule has 7 N–H and O–H groups in total. The first kappa shape index (κ1) is 33.1. The van der Waals surface area contributed by atoms with Crippen LogP contribution in [0.25, 0.3) is 5.70 Å². The van der Waals surface area contributed by atoms with Gasteiger partial charge >= 0.3 is 0 Å². The summed E-state index contributed by atoms with van der Waals surface area (Å²) in [5.74, 6) is 7.21. The highest BCUT2D eigenvalue weighted by molar-refractivity contribution is 7.92. The Balaban J connectivity index is 1.62. The van der Waals surface area contributed by atoms with Crippen LogP contribution in [0.5, 0.6) is 5.75 Å². The largest absolute Gasteiger partial charge is 0.492 e. The number of hydrogen-bond donors (Lipinski definition) is 5. The summed E-state index contributed by atoms with van der Waals surface area (Å²) in [4.78, 5) is 16.9. The molecule has 0 bridgehead atoms. The number of carbonyl (C=O) groups excluding carboxylic acids is 1. The second kappa shape index (κ2) is 13.0. The highest BCUT2D eigenvalue weighted by atomic mass is 32.2. The maximum absolute atomic E-state index is 13.6. The van der Waals surface area contributed by atoms with Crippen molar-refractivity contribution in [2.24, 2.45) is 18.6 Å². The fourth-order valence-electron chi connectivity index (χ4n) is 4.89. The van der Waals surface area contributed by atoms with Gasteiger partial charge in [0.15, 0.2) is 11.4 Å². The Morgan fingerprint density at radius 1 is 1.09 bits per heavy atom. The number of methoxy groups -OCH3 is 1. The molecule has 4 rings (SSSR count). The summed E-state index contributed by atoms with van der Waals surface area (Å²) < 4.78 is 34.2. The molecule has 3 aromatic carbocycles. The Morgan fingerprint density at radius 2 is 1.76 bits per heavy atom. The van der Waals surface area contributed by atoms with Crippen LogP contribution in [0.15, 0.2) is 73.1 Å². The predicted molar refractivity (Wildman–Crippen MR) is 179 cm³/mol. The average molecular weight is 633 g/mol. The van der Waals surface area contributed by atoms with Gasteiger partial charge in [-0.1, -0.05) is 57.2 Å². The van der Waals surface area contributed by atoms with E-state index in [1.807, 2.05) is 63.7 Å². The van der Waals surface area contributed by atoms with Crippen LogP contribution in [0.2, 0.25) is 0 Å². The van der Waals surface area contributed by atoms with Crippen molar-refractivity contribution in [1.82, 2.24) is 4.98 Å².